The molecule has 0 amide bonds. The maximum absolute atomic E-state index is 5.89. The van der Waals surface area contributed by atoms with Gasteiger partial charge in [0.25, 0.3) is 0 Å². The molecule has 166 valence electrons. The van der Waals surface area contributed by atoms with Gasteiger partial charge in [-0.05, 0) is 61.1 Å². The Balaban J connectivity index is 1.69. The van der Waals surface area contributed by atoms with Crippen molar-refractivity contribution in [3.05, 3.63) is 48.2 Å². The van der Waals surface area contributed by atoms with Crippen molar-refractivity contribution in [2.24, 2.45) is 5.92 Å². The molecule has 0 bridgehead atoms. The van der Waals surface area contributed by atoms with Gasteiger partial charge in [0.05, 0.1) is 12.3 Å². The molecule has 2 aromatic rings. The summed E-state index contributed by atoms with van der Waals surface area (Å²) in [6, 6.07) is 12.8. The van der Waals surface area contributed by atoms with Gasteiger partial charge in [-0.15, -0.1) is 0 Å². The van der Waals surface area contributed by atoms with E-state index in [-0.39, 0.29) is 0 Å². The van der Waals surface area contributed by atoms with Crippen molar-refractivity contribution in [3.8, 4) is 17.0 Å². The molecule has 0 saturated carbocycles. The predicted octanol–water partition coefficient (Wildman–Crippen LogP) is 8.64. The van der Waals surface area contributed by atoms with E-state index in [2.05, 4.69) is 57.2 Å². The van der Waals surface area contributed by atoms with Gasteiger partial charge in [0, 0.05) is 11.8 Å². The van der Waals surface area contributed by atoms with Crippen molar-refractivity contribution in [1.29, 1.82) is 0 Å². The summed E-state index contributed by atoms with van der Waals surface area (Å²) in [7, 11) is 0. The van der Waals surface area contributed by atoms with Gasteiger partial charge in [0.2, 0.25) is 0 Å². The van der Waals surface area contributed by atoms with Crippen LogP contribution in [0.15, 0.2) is 42.6 Å². The predicted molar refractivity (Wildman–Crippen MR) is 130 cm³/mol. The minimum absolute atomic E-state index is 0.815. The van der Waals surface area contributed by atoms with E-state index in [1.165, 1.54) is 69.8 Å². The molecule has 0 aliphatic carbocycles. The fourth-order valence-corrected chi connectivity index (χ4v) is 4.00. The van der Waals surface area contributed by atoms with E-state index in [1.807, 2.05) is 6.20 Å². The number of aromatic nitrogens is 1. The lowest BCUT2D eigenvalue weighted by atomic mass is 9.98. The maximum atomic E-state index is 5.89. The Bertz CT molecular complexity index is 662. The fraction of sp³-hybridized carbons (Fsp3) is 0.607. The van der Waals surface area contributed by atoms with Crippen LogP contribution in [0.3, 0.4) is 0 Å². The third kappa shape index (κ3) is 9.78. The van der Waals surface area contributed by atoms with Gasteiger partial charge >= 0.3 is 0 Å². The second-order valence-corrected chi connectivity index (χ2v) is 8.83. The Labute approximate surface area is 185 Å². The van der Waals surface area contributed by atoms with E-state index in [0.29, 0.717) is 0 Å². The summed E-state index contributed by atoms with van der Waals surface area (Å²) < 4.78 is 5.89. The average molecular weight is 410 g/mol. The lowest BCUT2D eigenvalue weighted by Gasteiger charge is -2.09. The first-order valence-corrected chi connectivity index (χ1v) is 12.4. The summed E-state index contributed by atoms with van der Waals surface area (Å²) in [6.07, 6.45) is 17.6. The summed E-state index contributed by atoms with van der Waals surface area (Å²) in [5.41, 5.74) is 3.54. The highest BCUT2D eigenvalue weighted by Gasteiger charge is 2.03. The van der Waals surface area contributed by atoms with Crippen LogP contribution >= 0.6 is 0 Å². The molecule has 2 heteroatoms. The minimum Gasteiger partial charge on any atom is -0.494 e. The molecule has 0 radical (unpaired) electrons. The topological polar surface area (TPSA) is 22.1 Å². The molecule has 0 aliphatic heterocycles. The van der Waals surface area contributed by atoms with Gasteiger partial charge in [-0.1, -0.05) is 84.6 Å². The number of nitrogens with zero attached hydrogens (tertiary/aromatic N) is 1. The zero-order valence-corrected chi connectivity index (χ0v) is 19.7. The van der Waals surface area contributed by atoms with E-state index in [0.717, 1.165) is 42.4 Å². The molecule has 30 heavy (non-hydrogen) atoms. The fourth-order valence-electron chi connectivity index (χ4n) is 4.00. The first kappa shape index (κ1) is 24.4. The zero-order chi connectivity index (χ0) is 21.4. The average Bonchev–Trinajstić information content (AvgIpc) is 2.77. The molecule has 0 N–H and O–H groups in total. The SMILES string of the molecule is CCCCCCCCOc1ccc(-c2ccc(CCCCC(C)CCC)cn2)cc1. The van der Waals surface area contributed by atoms with Gasteiger partial charge in [-0.25, -0.2) is 0 Å². The Morgan fingerprint density at radius 1 is 0.767 bits per heavy atom. The Kier molecular flexibility index (Phi) is 12.3. The summed E-state index contributed by atoms with van der Waals surface area (Å²) in [5, 5.41) is 0. The highest BCUT2D eigenvalue weighted by atomic mass is 16.5. The lowest BCUT2D eigenvalue weighted by Crippen LogP contribution is -1.97. The van der Waals surface area contributed by atoms with E-state index in [9.17, 15) is 0 Å². The normalized spacial score (nSPS) is 12.1. The number of hydrogen-bond donors (Lipinski definition) is 0. The lowest BCUT2D eigenvalue weighted by molar-refractivity contribution is 0.304. The Hall–Kier alpha value is -1.83. The Morgan fingerprint density at radius 3 is 2.23 bits per heavy atom. The number of aryl methyl sites for hydroxylation is 1. The molecule has 1 heterocycles. The number of unbranched alkanes of at least 4 members (excludes halogenated alkanes) is 6. The summed E-state index contributed by atoms with van der Waals surface area (Å²) in [4.78, 5) is 4.69. The molecular formula is C28H43NO. The highest BCUT2D eigenvalue weighted by Crippen LogP contribution is 2.22. The van der Waals surface area contributed by atoms with Crippen molar-refractivity contribution in [1.82, 2.24) is 4.98 Å². The highest BCUT2D eigenvalue weighted by molar-refractivity contribution is 5.60. The molecular weight excluding hydrogens is 366 g/mol. The molecule has 0 spiro atoms. The third-order valence-electron chi connectivity index (χ3n) is 5.94. The van der Waals surface area contributed by atoms with Crippen LogP contribution in [0, 0.1) is 5.92 Å². The summed E-state index contributed by atoms with van der Waals surface area (Å²) in [6.45, 7) is 7.73. The number of hydrogen-bond acceptors (Lipinski definition) is 2. The smallest absolute Gasteiger partial charge is 0.119 e. The maximum Gasteiger partial charge on any atom is 0.119 e. The number of benzene rings is 1. The summed E-state index contributed by atoms with van der Waals surface area (Å²) in [5.74, 6) is 1.83. The standard InChI is InChI=1S/C28H43NO/c1-4-6-7-8-9-12-22-30-27-19-17-26(18-20-27)28-21-16-25(23-29-28)15-11-10-14-24(3)13-5-2/h16-21,23-24H,4-15,22H2,1-3H3. The van der Waals surface area contributed by atoms with Crippen LogP contribution in [-0.2, 0) is 6.42 Å². The molecule has 0 saturated heterocycles. The quantitative estimate of drug-likeness (QED) is 0.259. The van der Waals surface area contributed by atoms with Gasteiger partial charge in [0.15, 0.2) is 0 Å². The van der Waals surface area contributed by atoms with Gasteiger partial charge in [-0.2, -0.15) is 0 Å². The molecule has 1 aromatic heterocycles. The van der Waals surface area contributed by atoms with Crippen LogP contribution in [0.1, 0.15) is 97.0 Å². The van der Waals surface area contributed by atoms with Crippen molar-refractivity contribution in [2.75, 3.05) is 6.61 Å². The van der Waals surface area contributed by atoms with E-state index in [1.54, 1.807) is 0 Å². The van der Waals surface area contributed by atoms with Crippen molar-refractivity contribution < 1.29 is 4.74 Å². The van der Waals surface area contributed by atoms with Crippen molar-refractivity contribution >= 4 is 0 Å². The molecule has 2 rings (SSSR count). The van der Waals surface area contributed by atoms with Crippen LogP contribution in [0.5, 0.6) is 5.75 Å². The first-order chi connectivity index (χ1) is 14.7. The molecule has 1 atom stereocenters. The largest absolute Gasteiger partial charge is 0.494 e. The zero-order valence-electron chi connectivity index (χ0n) is 19.7. The number of ether oxygens (including phenoxy) is 1. The summed E-state index contributed by atoms with van der Waals surface area (Å²) >= 11 is 0. The van der Waals surface area contributed by atoms with Crippen LogP contribution in [-0.4, -0.2) is 11.6 Å². The molecule has 1 unspecified atom stereocenters. The van der Waals surface area contributed by atoms with E-state index >= 15 is 0 Å². The van der Waals surface area contributed by atoms with Gasteiger partial charge in [0.1, 0.15) is 5.75 Å². The van der Waals surface area contributed by atoms with Gasteiger partial charge in [-0.3, -0.25) is 4.98 Å². The van der Waals surface area contributed by atoms with Crippen LogP contribution < -0.4 is 4.74 Å². The number of pyridine rings is 1. The van der Waals surface area contributed by atoms with Crippen molar-refractivity contribution in [2.45, 2.75) is 97.8 Å². The Morgan fingerprint density at radius 2 is 1.53 bits per heavy atom. The number of rotatable bonds is 16. The molecule has 0 fully saturated rings. The monoisotopic (exact) mass is 409 g/mol. The third-order valence-corrected chi connectivity index (χ3v) is 5.94. The molecule has 1 aromatic carbocycles. The van der Waals surface area contributed by atoms with Crippen LogP contribution in [0.4, 0.5) is 0 Å². The van der Waals surface area contributed by atoms with Crippen molar-refractivity contribution in [3.63, 3.8) is 0 Å². The van der Waals surface area contributed by atoms with E-state index in [4.69, 9.17) is 9.72 Å². The van der Waals surface area contributed by atoms with Crippen LogP contribution in [0.25, 0.3) is 11.3 Å². The molecule has 2 nitrogen and oxygen atoms in total. The first-order valence-electron chi connectivity index (χ1n) is 12.4. The van der Waals surface area contributed by atoms with Gasteiger partial charge < -0.3 is 4.74 Å². The minimum atomic E-state index is 0.815. The second-order valence-electron chi connectivity index (χ2n) is 8.83. The second kappa shape index (κ2) is 15.0. The van der Waals surface area contributed by atoms with Crippen LogP contribution in [0.2, 0.25) is 0 Å². The molecule has 0 aliphatic rings. The van der Waals surface area contributed by atoms with E-state index < -0.39 is 0 Å².